The number of benzene rings is 12. The van der Waals surface area contributed by atoms with Crippen molar-refractivity contribution in [2.75, 3.05) is 4.90 Å². The predicted molar refractivity (Wildman–Crippen MR) is 282 cm³/mol. The lowest BCUT2D eigenvalue weighted by Crippen LogP contribution is -2.09. The van der Waals surface area contributed by atoms with E-state index in [1.165, 1.54) is 98.3 Å². The van der Waals surface area contributed by atoms with E-state index in [1.54, 1.807) is 0 Å². The van der Waals surface area contributed by atoms with E-state index in [-0.39, 0.29) is 0 Å². The van der Waals surface area contributed by atoms with Gasteiger partial charge in [0.2, 0.25) is 0 Å². The number of para-hydroxylation sites is 1. The van der Waals surface area contributed by atoms with Crippen molar-refractivity contribution in [3.63, 3.8) is 0 Å². The lowest BCUT2D eigenvalue weighted by Gasteiger charge is -2.26. The molecule has 2 nitrogen and oxygen atoms in total. The lowest BCUT2D eigenvalue weighted by molar-refractivity contribution is 1.19. The summed E-state index contributed by atoms with van der Waals surface area (Å²) in [7, 11) is 0. The third-order valence-corrected chi connectivity index (χ3v) is 13.5. The fraction of sp³-hybridized carbons (Fsp3) is 0. The summed E-state index contributed by atoms with van der Waals surface area (Å²) in [6, 6.07) is 93.3. The average molecular weight is 839 g/mol. The Morgan fingerprint density at radius 3 is 1.50 bits per heavy atom. The Bertz CT molecular complexity index is 3960. The molecule has 13 aromatic rings. The molecular formula is C64H42N2. The van der Waals surface area contributed by atoms with Crippen molar-refractivity contribution in [1.82, 2.24) is 4.57 Å². The van der Waals surface area contributed by atoms with E-state index in [0.29, 0.717) is 0 Å². The van der Waals surface area contributed by atoms with Gasteiger partial charge in [0, 0.05) is 38.9 Å². The van der Waals surface area contributed by atoms with E-state index in [0.717, 1.165) is 22.7 Å². The van der Waals surface area contributed by atoms with Crippen molar-refractivity contribution in [3.05, 3.63) is 255 Å². The van der Waals surface area contributed by atoms with E-state index < -0.39 is 0 Å². The van der Waals surface area contributed by atoms with Crippen LogP contribution in [-0.4, -0.2) is 4.57 Å². The predicted octanol–water partition coefficient (Wildman–Crippen LogP) is 17.9. The van der Waals surface area contributed by atoms with Gasteiger partial charge in [0.15, 0.2) is 0 Å². The van der Waals surface area contributed by atoms with E-state index in [1.807, 2.05) is 0 Å². The summed E-state index contributed by atoms with van der Waals surface area (Å²) in [5, 5.41) is 12.5. The maximum atomic E-state index is 2.44. The Morgan fingerprint density at radius 1 is 0.258 bits per heavy atom. The van der Waals surface area contributed by atoms with Crippen LogP contribution >= 0.6 is 0 Å². The molecule has 1 aromatic heterocycles. The zero-order valence-corrected chi connectivity index (χ0v) is 36.1. The SMILES string of the molecule is c1ccc(-c2cccc3ccc(-c4ccc(N(c5ccc(-c6ccc7c8ccc9ccccc9c8n(-c8ccccc8)c7c6)cc5)c5ccc6ccc7ccccc7c6c5)cc4)cc23)cc1. The quantitative estimate of drug-likeness (QED) is 0.145. The van der Waals surface area contributed by atoms with Gasteiger partial charge in [-0.1, -0.05) is 194 Å². The second-order valence-corrected chi connectivity index (χ2v) is 17.3. The van der Waals surface area contributed by atoms with E-state index in [2.05, 4.69) is 264 Å². The Morgan fingerprint density at radius 2 is 0.758 bits per heavy atom. The van der Waals surface area contributed by atoms with Gasteiger partial charge in [0.1, 0.15) is 0 Å². The summed E-state index contributed by atoms with van der Waals surface area (Å²) in [6.07, 6.45) is 0. The van der Waals surface area contributed by atoms with E-state index >= 15 is 0 Å². The number of aromatic nitrogens is 1. The van der Waals surface area contributed by atoms with Crippen LogP contribution in [0.3, 0.4) is 0 Å². The third kappa shape index (κ3) is 6.34. The molecule has 12 aromatic carbocycles. The molecule has 0 unspecified atom stereocenters. The molecule has 0 saturated carbocycles. The largest absolute Gasteiger partial charge is 0.310 e. The van der Waals surface area contributed by atoms with Gasteiger partial charge in [-0.15, -0.1) is 0 Å². The number of rotatable bonds is 7. The molecule has 0 aliphatic rings. The zero-order valence-electron chi connectivity index (χ0n) is 36.1. The lowest BCUT2D eigenvalue weighted by atomic mass is 9.95. The molecule has 0 N–H and O–H groups in total. The standard InChI is InChI=1S/C64H42N2/c1-3-12-45(13-4-1)57-21-11-16-48-24-25-50(40-61(48)57)43-26-33-53(34-27-43)65(55-37-30-49-23-22-46-14-7-9-19-56(46)62(49)42-55)54-35-28-44(29-36-54)51-32-38-59-60-39-31-47-15-8-10-20-58(47)64(60)66(63(59)41-51)52-17-5-2-6-18-52/h1-42H. The monoisotopic (exact) mass is 838 g/mol. The Labute approximate surface area is 383 Å². The second-order valence-electron chi connectivity index (χ2n) is 17.3. The third-order valence-electron chi connectivity index (χ3n) is 13.5. The van der Waals surface area contributed by atoms with Crippen LogP contribution in [0.2, 0.25) is 0 Å². The molecule has 0 atom stereocenters. The first-order chi connectivity index (χ1) is 32.7. The molecule has 0 aliphatic heterocycles. The highest BCUT2D eigenvalue weighted by atomic mass is 15.1. The van der Waals surface area contributed by atoms with Crippen molar-refractivity contribution in [3.8, 4) is 39.1 Å². The number of nitrogens with zero attached hydrogens (tertiary/aromatic N) is 2. The first-order valence-electron chi connectivity index (χ1n) is 22.7. The van der Waals surface area contributed by atoms with Crippen LogP contribution in [0.5, 0.6) is 0 Å². The van der Waals surface area contributed by atoms with Crippen LogP contribution in [0.4, 0.5) is 17.1 Å². The Hall–Kier alpha value is -8.72. The molecule has 13 rings (SSSR count). The van der Waals surface area contributed by atoms with Crippen LogP contribution in [0.25, 0.3) is 104 Å². The molecule has 1 heterocycles. The highest BCUT2D eigenvalue weighted by molar-refractivity contribution is 6.19. The molecule has 0 fully saturated rings. The summed E-state index contributed by atoms with van der Waals surface area (Å²) in [5.41, 5.74) is 14.1. The van der Waals surface area contributed by atoms with E-state index in [9.17, 15) is 0 Å². The number of hydrogen-bond acceptors (Lipinski definition) is 1. The molecule has 2 heteroatoms. The fourth-order valence-corrected chi connectivity index (χ4v) is 10.3. The van der Waals surface area contributed by atoms with Crippen molar-refractivity contribution in [1.29, 1.82) is 0 Å². The van der Waals surface area contributed by atoms with Gasteiger partial charge in [0.25, 0.3) is 0 Å². The molecule has 0 aliphatic carbocycles. The number of hydrogen-bond donors (Lipinski definition) is 0. The summed E-state index contributed by atoms with van der Waals surface area (Å²) in [6.45, 7) is 0. The van der Waals surface area contributed by atoms with Crippen LogP contribution in [0, 0.1) is 0 Å². The molecule has 66 heavy (non-hydrogen) atoms. The molecule has 0 bridgehead atoms. The summed E-state index contributed by atoms with van der Waals surface area (Å²) >= 11 is 0. The maximum Gasteiger partial charge on any atom is 0.0619 e. The van der Waals surface area contributed by atoms with Crippen LogP contribution < -0.4 is 4.90 Å². The summed E-state index contributed by atoms with van der Waals surface area (Å²) < 4.78 is 2.44. The van der Waals surface area contributed by atoms with Gasteiger partial charge >= 0.3 is 0 Å². The zero-order chi connectivity index (χ0) is 43.6. The normalized spacial score (nSPS) is 11.6. The minimum atomic E-state index is 1.09. The van der Waals surface area contributed by atoms with Crippen molar-refractivity contribution >= 4 is 82.0 Å². The molecule has 0 spiro atoms. The molecule has 308 valence electrons. The van der Waals surface area contributed by atoms with Gasteiger partial charge < -0.3 is 9.47 Å². The maximum absolute atomic E-state index is 2.44. The Balaban J connectivity index is 0.925. The van der Waals surface area contributed by atoms with Crippen molar-refractivity contribution < 1.29 is 0 Å². The average Bonchev–Trinajstić information content (AvgIpc) is 3.73. The minimum Gasteiger partial charge on any atom is -0.310 e. The second kappa shape index (κ2) is 15.5. The molecule has 0 saturated heterocycles. The van der Waals surface area contributed by atoms with Crippen LogP contribution in [0.1, 0.15) is 0 Å². The molecule has 0 radical (unpaired) electrons. The topological polar surface area (TPSA) is 8.17 Å². The van der Waals surface area contributed by atoms with Crippen molar-refractivity contribution in [2.24, 2.45) is 0 Å². The minimum absolute atomic E-state index is 1.09. The smallest absolute Gasteiger partial charge is 0.0619 e. The number of anilines is 3. The highest BCUT2D eigenvalue weighted by Gasteiger charge is 2.18. The highest BCUT2D eigenvalue weighted by Crippen LogP contribution is 2.42. The first kappa shape index (κ1) is 37.8. The Kier molecular flexibility index (Phi) is 8.89. The van der Waals surface area contributed by atoms with Crippen molar-refractivity contribution in [2.45, 2.75) is 0 Å². The first-order valence-corrected chi connectivity index (χ1v) is 22.7. The molecule has 0 amide bonds. The van der Waals surface area contributed by atoms with Gasteiger partial charge in [0.05, 0.1) is 11.0 Å². The van der Waals surface area contributed by atoms with Gasteiger partial charge in [-0.05, 0) is 132 Å². The van der Waals surface area contributed by atoms with Gasteiger partial charge in [-0.3, -0.25) is 0 Å². The summed E-state index contributed by atoms with van der Waals surface area (Å²) in [5.74, 6) is 0. The van der Waals surface area contributed by atoms with Crippen LogP contribution in [0.15, 0.2) is 255 Å². The van der Waals surface area contributed by atoms with Gasteiger partial charge in [-0.25, -0.2) is 0 Å². The van der Waals surface area contributed by atoms with E-state index in [4.69, 9.17) is 0 Å². The number of fused-ring (bicyclic) bond motifs is 9. The van der Waals surface area contributed by atoms with Crippen LogP contribution in [-0.2, 0) is 0 Å². The summed E-state index contributed by atoms with van der Waals surface area (Å²) in [4.78, 5) is 2.39. The fourth-order valence-electron chi connectivity index (χ4n) is 10.3. The molecular weight excluding hydrogens is 797 g/mol. The van der Waals surface area contributed by atoms with Gasteiger partial charge in [-0.2, -0.15) is 0 Å².